The summed E-state index contributed by atoms with van der Waals surface area (Å²) in [6.07, 6.45) is -10.1. The van der Waals surface area contributed by atoms with Crippen LogP contribution in [-0.4, -0.2) is 115 Å². The van der Waals surface area contributed by atoms with Crippen molar-refractivity contribution in [3.8, 4) is 91.2 Å². The monoisotopic (exact) mass is 952 g/mol. The average molecular weight is 953 g/mol. The zero-order chi connectivity index (χ0) is 49.6. The molecule has 69 heavy (non-hydrogen) atoms. The number of aromatic hydroxyl groups is 11. The molecule has 0 radical (unpaired) electrons. The Morgan fingerprint density at radius 1 is 0.478 bits per heavy atom. The smallest absolute Gasteiger partial charge is 0.208 e. The predicted molar refractivity (Wildman–Crippen MR) is 236 cm³/mol. The van der Waals surface area contributed by atoms with E-state index in [0.717, 1.165) is 30.3 Å². The van der Waals surface area contributed by atoms with Crippen LogP contribution in [0.15, 0.2) is 70.1 Å². The van der Waals surface area contributed by atoms with Crippen LogP contribution in [0.2, 0.25) is 0 Å². The molecule has 15 N–H and O–H groups in total. The second kappa shape index (κ2) is 15.1. The number of ether oxygens (including phenoxy) is 2. The van der Waals surface area contributed by atoms with Gasteiger partial charge in [0, 0.05) is 35.4 Å². The third kappa shape index (κ3) is 6.01. The van der Waals surface area contributed by atoms with Crippen LogP contribution < -0.4 is 21.0 Å². The highest BCUT2D eigenvalue weighted by Gasteiger charge is 2.47. The lowest BCUT2D eigenvalue weighted by Crippen LogP contribution is -2.55. The van der Waals surface area contributed by atoms with Crippen molar-refractivity contribution in [2.45, 2.75) is 30.5 Å². The van der Waals surface area contributed by atoms with Crippen molar-refractivity contribution >= 4 is 65.8 Å². The van der Waals surface area contributed by atoms with Crippen molar-refractivity contribution in [1.82, 2.24) is 0 Å². The fourth-order valence-electron chi connectivity index (χ4n) is 8.92. The summed E-state index contributed by atoms with van der Waals surface area (Å²) in [5, 5.41) is 162. The molecule has 1 aliphatic rings. The number of phenols is 11. The number of benzene rings is 6. The van der Waals surface area contributed by atoms with Crippen molar-refractivity contribution in [3.05, 3.63) is 78.7 Å². The Labute approximate surface area is 378 Å². The highest BCUT2D eigenvalue weighted by atomic mass is 16.5. The summed E-state index contributed by atoms with van der Waals surface area (Å²) in [5.41, 5.74) is -11.7. The number of rotatable bonds is 5. The molecule has 10 rings (SSSR count). The molecule has 5 atom stereocenters. The lowest BCUT2D eigenvalue weighted by Gasteiger charge is -2.40. The number of hydrogen-bond acceptors (Lipinski definition) is 23. The second-order valence-corrected chi connectivity index (χ2v) is 16.1. The van der Waals surface area contributed by atoms with Gasteiger partial charge < -0.3 is 99.3 Å². The zero-order valence-electron chi connectivity index (χ0n) is 34.6. The summed E-state index contributed by atoms with van der Waals surface area (Å²) in [5.74, 6) is -11.1. The maximum atomic E-state index is 14.7. The molecule has 354 valence electrons. The van der Waals surface area contributed by atoms with Gasteiger partial charge in [-0.3, -0.25) is 14.4 Å². The van der Waals surface area contributed by atoms with Crippen molar-refractivity contribution in [2.24, 2.45) is 0 Å². The van der Waals surface area contributed by atoms with Crippen LogP contribution in [0.3, 0.4) is 0 Å². The zero-order valence-corrected chi connectivity index (χ0v) is 34.6. The average Bonchev–Trinajstić information content (AvgIpc) is 3.29. The largest absolute Gasteiger partial charge is 0.507 e. The highest BCUT2D eigenvalue weighted by Crippen LogP contribution is 2.55. The molecular formula is C46H32O23. The molecule has 1 saturated heterocycles. The predicted octanol–water partition coefficient (Wildman–Crippen LogP) is 3.08. The lowest BCUT2D eigenvalue weighted by molar-refractivity contribution is -0.232. The third-order valence-electron chi connectivity index (χ3n) is 12.2. The molecule has 0 saturated carbocycles. The Morgan fingerprint density at radius 3 is 1.62 bits per heavy atom. The molecular weight excluding hydrogens is 920 g/mol. The molecule has 23 heteroatoms. The summed E-state index contributed by atoms with van der Waals surface area (Å²) in [6.45, 7) is -0.997. The maximum absolute atomic E-state index is 14.7. The first-order valence-corrected chi connectivity index (χ1v) is 20.0. The first-order valence-electron chi connectivity index (χ1n) is 20.0. The van der Waals surface area contributed by atoms with Crippen molar-refractivity contribution in [3.63, 3.8) is 0 Å². The Hall–Kier alpha value is -8.87. The summed E-state index contributed by atoms with van der Waals surface area (Å²) in [4.78, 5) is 42.7. The van der Waals surface area contributed by atoms with E-state index in [4.69, 9.17) is 22.7 Å². The van der Waals surface area contributed by atoms with E-state index < -0.39 is 205 Å². The van der Waals surface area contributed by atoms with Crippen molar-refractivity contribution < 1.29 is 99.3 Å². The first-order chi connectivity index (χ1) is 32.7. The minimum absolute atomic E-state index is 0.0565. The second-order valence-electron chi connectivity index (χ2n) is 16.1. The fourth-order valence-corrected chi connectivity index (χ4v) is 8.92. The number of fused-ring (bicyclic) bond motifs is 6. The fraction of sp³-hybridized carbons (Fsp3) is 0.152. The molecule has 0 bridgehead atoms. The lowest BCUT2D eigenvalue weighted by atomic mass is 9.86. The normalized spacial score (nSPS) is 18.6. The van der Waals surface area contributed by atoms with Crippen LogP contribution in [0.5, 0.6) is 69.0 Å². The molecule has 4 heterocycles. The molecule has 1 aliphatic heterocycles. The number of hydrogen-bond donors (Lipinski definition) is 15. The summed E-state index contributed by atoms with van der Waals surface area (Å²) >= 11 is 0. The number of aliphatic hydroxyl groups excluding tert-OH is 4. The first kappa shape index (κ1) is 44.0. The van der Waals surface area contributed by atoms with E-state index in [-0.39, 0.29) is 11.3 Å². The maximum Gasteiger partial charge on any atom is 0.208 e. The quantitative estimate of drug-likeness (QED) is 0.0669. The van der Waals surface area contributed by atoms with E-state index in [1.165, 1.54) is 13.2 Å². The Bertz CT molecular complexity index is 3960. The van der Waals surface area contributed by atoms with Gasteiger partial charge in [0.1, 0.15) is 120 Å². The van der Waals surface area contributed by atoms with E-state index >= 15 is 0 Å². The third-order valence-corrected chi connectivity index (χ3v) is 12.2. The van der Waals surface area contributed by atoms with Crippen LogP contribution in [0.4, 0.5) is 0 Å². The van der Waals surface area contributed by atoms with Gasteiger partial charge in [0.25, 0.3) is 0 Å². The molecule has 0 spiro atoms. The van der Waals surface area contributed by atoms with Gasteiger partial charge >= 0.3 is 0 Å². The van der Waals surface area contributed by atoms with Crippen LogP contribution in [0.25, 0.3) is 88.1 Å². The Kier molecular flexibility index (Phi) is 9.61. The van der Waals surface area contributed by atoms with Crippen LogP contribution in [-0.2, 0) is 4.74 Å². The van der Waals surface area contributed by atoms with Crippen molar-refractivity contribution in [2.75, 3.05) is 13.7 Å². The molecule has 9 aromatic rings. The summed E-state index contributed by atoms with van der Waals surface area (Å²) in [7, 11) is 1.27. The Balaban J connectivity index is 1.27. The number of aliphatic hydroxyl groups is 4. The van der Waals surface area contributed by atoms with E-state index in [9.17, 15) is 91.0 Å². The summed E-state index contributed by atoms with van der Waals surface area (Å²) in [6, 6.07) is 5.95. The Morgan fingerprint density at radius 2 is 1.01 bits per heavy atom. The van der Waals surface area contributed by atoms with Crippen LogP contribution >= 0.6 is 0 Å². The van der Waals surface area contributed by atoms with E-state index in [0.29, 0.717) is 6.07 Å². The van der Waals surface area contributed by atoms with Gasteiger partial charge in [-0.05, 0) is 18.2 Å². The molecule has 0 amide bonds. The van der Waals surface area contributed by atoms with Crippen LogP contribution in [0, 0.1) is 0 Å². The molecule has 3 aromatic heterocycles. The van der Waals surface area contributed by atoms with Gasteiger partial charge in [-0.2, -0.15) is 0 Å². The van der Waals surface area contributed by atoms with Gasteiger partial charge in [-0.15, -0.1) is 0 Å². The van der Waals surface area contributed by atoms with Gasteiger partial charge in [0.2, 0.25) is 16.3 Å². The standard InChI is InChI=1S/C46H32O23/c1-65-10-2-16(50)26-21(3-10)67-43-18(52)5-12(33(55)28(43)38(26)60)24-17(51)8-22-27(36(24)58)39(61)29-34(56)13(6-19(53)44(29)68-22)25-37(59)31(46-42(64)41(63)35(57)23(9-47)69-46)40(62)30-32(54)11-4-14(48)15(49)7-20(11)66-45(25)30/h2-8,23,35,41-42,46-53,55-59,62-64H,9H2,1H3/t23-,35-,41+,42-,46+/m1/s1. The van der Waals surface area contributed by atoms with Gasteiger partial charge in [0.15, 0.2) is 39.7 Å². The number of methoxy groups -OCH3 is 1. The molecule has 0 aliphatic carbocycles. The highest BCUT2D eigenvalue weighted by molar-refractivity contribution is 6.11. The van der Waals surface area contributed by atoms with Gasteiger partial charge in [-0.25, -0.2) is 0 Å². The van der Waals surface area contributed by atoms with Crippen LogP contribution in [0.1, 0.15) is 11.7 Å². The van der Waals surface area contributed by atoms with E-state index in [1.807, 2.05) is 0 Å². The molecule has 1 fully saturated rings. The van der Waals surface area contributed by atoms with Crippen molar-refractivity contribution in [1.29, 1.82) is 0 Å². The van der Waals surface area contributed by atoms with Gasteiger partial charge in [0.05, 0.1) is 35.8 Å². The minimum atomic E-state index is -2.24. The minimum Gasteiger partial charge on any atom is -0.507 e. The van der Waals surface area contributed by atoms with E-state index in [1.54, 1.807) is 0 Å². The van der Waals surface area contributed by atoms with E-state index in [2.05, 4.69) is 0 Å². The number of phenolic OH excluding ortho intramolecular Hbond substituents is 11. The molecule has 6 aromatic carbocycles. The van der Waals surface area contributed by atoms with Gasteiger partial charge in [-0.1, -0.05) is 0 Å². The molecule has 23 nitrogen and oxygen atoms in total. The SMILES string of the molecule is COc1cc(O)c2c(=O)c3c(O)c(-c4c(O)cc5oc6c(O)cc(-c7c(O)c([C@@H]8O[C@H](CO)[C@@H](O)[C@H](O)[C@H]8O)c(O)c8c(=O)c9cc(O)c(O)cc9oc78)c(O)c6c(=O)c5c4O)cc(O)c3oc2c1. The topological polar surface area (TPSA) is 413 Å². The molecule has 0 unspecified atom stereocenters. The summed E-state index contributed by atoms with van der Waals surface area (Å²) < 4.78 is 27.9.